The van der Waals surface area contributed by atoms with Gasteiger partial charge in [0.15, 0.2) is 5.60 Å². The second-order valence-electron chi connectivity index (χ2n) is 11.0. The molecule has 37 heavy (non-hydrogen) atoms. The van der Waals surface area contributed by atoms with E-state index >= 15 is 0 Å². The minimum atomic E-state index is -2.20. The van der Waals surface area contributed by atoms with Crippen LogP contribution in [0.2, 0.25) is 18.6 Å². The van der Waals surface area contributed by atoms with Crippen LogP contribution in [0, 0.1) is 5.92 Å². The number of fused-ring (bicyclic) bond motifs is 2. The number of aliphatic hydroxyl groups excluding tert-OH is 1. The van der Waals surface area contributed by atoms with E-state index in [0.717, 1.165) is 30.7 Å². The standard InChI is InChI=1S/C28H37N3O5Si/c1-17-25(37(3,4)20-10-8-19(35-2)9-11-20)24(13-15-32)36-28(17)21-16-18(7-12-22(21)31-27(28)34)30-26(33)23-6-5-14-29-23/h7-12,16-17,23-25,29,32H,5-6,13-15H2,1-4H3,(H,30,33)(H,31,34)/t17-,23+,24+,25-,28+/m0/s1. The van der Waals surface area contributed by atoms with Crippen molar-refractivity contribution in [1.29, 1.82) is 0 Å². The molecule has 2 amide bonds. The minimum Gasteiger partial charge on any atom is -0.497 e. The van der Waals surface area contributed by atoms with Crippen LogP contribution in [0.1, 0.15) is 31.7 Å². The van der Waals surface area contributed by atoms with Crippen molar-refractivity contribution in [2.45, 2.75) is 62.6 Å². The van der Waals surface area contributed by atoms with E-state index in [2.05, 4.69) is 48.1 Å². The van der Waals surface area contributed by atoms with Gasteiger partial charge in [0.05, 0.1) is 27.3 Å². The van der Waals surface area contributed by atoms with Crippen LogP contribution in [0.5, 0.6) is 5.75 Å². The summed E-state index contributed by atoms with van der Waals surface area (Å²) in [5.41, 5.74) is 1.01. The van der Waals surface area contributed by atoms with Crippen molar-refractivity contribution in [3.05, 3.63) is 48.0 Å². The monoisotopic (exact) mass is 523 g/mol. The number of rotatable bonds is 7. The van der Waals surface area contributed by atoms with Crippen LogP contribution in [-0.4, -0.2) is 57.4 Å². The van der Waals surface area contributed by atoms with Crippen LogP contribution in [0.15, 0.2) is 42.5 Å². The molecule has 5 atom stereocenters. The summed E-state index contributed by atoms with van der Waals surface area (Å²) in [6, 6.07) is 13.5. The van der Waals surface area contributed by atoms with E-state index in [1.807, 2.05) is 30.3 Å². The summed E-state index contributed by atoms with van der Waals surface area (Å²) in [4.78, 5) is 26.4. The first kappa shape index (κ1) is 25.9. The molecule has 1 spiro atoms. The van der Waals surface area contributed by atoms with Gasteiger partial charge in [-0.3, -0.25) is 9.59 Å². The molecule has 3 aliphatic heterocycles. The molecule has 9 heteroatoms. The highest BCUT2D eigenvalue weighted by molar-refractivity contribution is 6.91. The number of aliphatic hydroxyl groups is 1. The first-order valence-corrected chi connectivity index (χ1v) is 16.2. The molecule has 0 saturated carbocycles. The number of carbonyl (C=O) groups is 2. The molecule has 198 valence electrons. The predicted octanol–water partition coefficient (Wildman–Crippen LogP) is 2.94. The van der Waals surface area contributed by atoms with Gasteiger partial charge in [0.25, 0.3) is 5.91 Å². The fourth-order valence-corrected chi connectivity index (χ4v) is 10.8. The highest BCUT2D eigenvalue weighted by atomic mass is 28.3. The molecule has 2 aromatic carbocycles. The SMILES string of the molecule is COc1ccc([Si](C)(C)[C@@H]2[C@@H](CCO)O[C@]3(C(=O)Nc4ccc(NC(=O)[C@H]5CCCN5)cc43)[C@H]2C)cc1. The molecule has 2 fully saturated rings. The Morgan fingerprint density at radius 1 is 1.24 bits per heavy atom. The van der Waals surface area contributed by atoms with E-state index in [0.29, 0.717) is 17.8 Å². The summed E-state index contributed by atoms with van der Waals surface area (Å²) in [6.07, 6.45) is 1.98. The van der Waals surface area contributed by atoms with Crippen LogP contribution in [0.3, 0.4) is 0 Å². The summed E-state index contributed by atoms with van der Waals surface area (Å²) < 4.78 is 12.1. The maximum Gasteiger partial charge on any atom is 0.261 e. The fraction of sp³-hybridized carbons (Fsp3) is 0.500. The lowest BCUT2D eigenvalue weighted by Gasteiger charge is -2.37. The third-order valence-corrected chi connectivity index (χ3v) is 13.0. The minimum absolute atomic E-state index is 0.0178. The lowest BCUT2D eigenvalue weighted by molar-refractivity contribution is -0.143. The maximum atomic E-state index is 13.7. The van der Waals surface area contributed by atoms with Gasteiger partial charge < -0.3 is 30.5 Å². The largest absolute Gasteiger partial charge is 0.497 e. The van der Waals surface area contributed by atoms with Crippen molar-refractivity contribution in [1.82, 2.24) is 5.32 Å². The number of methoxy groups -OCH3 is 1. The zero-order valence-corrected chi connectivity index (χ0v) is 23.0. The number of amides is 2. The molecule has 0 aromatic heterocycles. The van der Waals surface area contributed by atoms with Gasteiger partial charge in [-0.15, -0.1) is 0 Å². The van der Waals surface area contributed by atoms with Gasteiger partial charge in [-0.25, -0.2) is 0 Å². The number of carbonyl (C=O) groups excluding carboxylic acids is 2. The van der Waals surface area contributed by atoms with Crippen LogP contribution in [0.25, 0.3) is 0 Å². The van der Waals surface area contributed by atoms with E-state index in [1.54, 1.807) is 7.11 Å². The van der Waals surface area contributed by atoms with E-state index in [4.69, 9.17) is 9.47 Å². The van der Waals surface area contributed by atoms with Gasteiger partial charge in [-0.1, -0.05) is 37.3 Å². The van der Waals surface area contributed by atoms with Gasteiger partial charge in [0.1, 0.15) is 5.75 Å². The quantitative estimate of drug-likeness (QED) is 0.416. The molecule has 8 nitrogen and oxygen atoms in total. The Morgan fingerprint density at radius 3 is 2.65 bits per heavy atom. The zero-order chi connectivity index (χ0) is 26.4. The highest BCUT2D eigenvalue weighted by Crippen LogP contribution is 2.58. The molecule has 2 aromatic rings. The van der Waals surface area contributed by atoms with Gasteiger partial charge in [-0.2, -0.15) is 0 Å². The molecule has 2 saturated heterocycles. The molecule has 0 bridgehead atoms. The van der Waals surface area contributed by atoms with Crippen molar-refractivity contribution >= 4 is 36.4 Å². The van der Waals surface area contributed by atoms with Crippen molar-refractivity contribution in [2.24, 2.45) is 5.92 Å². The summed E-state index contributed by atoms with van der Waals surface area (Å²) in [5.74, 6) is 0.421. The molecule has 4 N–H and O–H groups in total. The van der Waals surface area contributed by atoms with E-state index < -0.39 is 13.7 Å². The Bertz CT molecular complexity index is 1180. The normalized spacial score (nSPS) is 28.8. The van der Waals surface area contributed by atoms with Crippen molar-refractivity contribution < 1.29 is 24.2 Å². The molecule has 0 unspecified atom stereocenters. The predicted molar refractivity (Wildman–Crippen MR) is 146 cm³/mol. The number of hydrogen-bond donors (Lipinski definition) is 4. The smallest absolute Gasteiger partial charge is 0.261 e. The Balaban J connectivity index is 1.51. The van der Waals surface area contributed by atoms with E-state index in [-0.39, 0.29) is 42.0 Å². The second kappa shape index (κ2) is 9.87. The van der Waals surface area contributed by atoms with Crippen molar-refractivity contribution in [2.75, 3.05) is 30.9 Å². The lowest BCUT2D eigenvalue weighted by Crippen LogP contribution is -2.51. The number of hydrogen-bond acceptors (Lipinski definition) is 6. The fourth-order valence-electron chi connectivity index (χ4n) is 6.75. The second-order valence-corrected chi connectivity index (χ2v) is 15.7. The first-order chi connectivity index (χ1) is 17.7. The Morgan fingerprint density at radius 2 is 2.00 bits per heavy atom. The van der Waals surface area contributed by atoms with Gasteiger partial charge in [0, 0.05) is 29.5 Å². The van der Waals surface area contributed by atoms with E-state index in [1.165, 1.54) is 5.19 Å². The highest BCUT2D eigenvalue weighted by Gasteiger charge is 2.64. The van der Waals surface area contributed by atoms with Crippen LogP contribution < -0.4 is 25.9 Å². The van der Waals surface area contributed by atoms with Gasteiger partial charge >= 0.3 is 0 Å². The third kappa shape index (κ3) is 4.27. The van der Waals surface area contributed by atoms with Crippen LogP contribution in [0.4, 0.5) is 11.4 Å². The average Bonchev–Trinajstić information content (AvgIpc) is 3.59. The Labute approximate surface area is 219 Å². The summed E-state index contributed by atoms with van der Waals surface area (Å²) in [5, 5.41) is 20.5. The number of benzene rings is 2. The molecule has 3 aliphatic rings. The molecule has 0 aliphatic carbocycles. The third-order valence-electron chi connectivity index (χ3n) is 8.65. The van der Waals surface area contributed by atoms with Gasteiger partial charge in [-0.05, 0) is 61.7 Å². The van der Waals surface area contributed by atoms with Gasteiger partial charge in [0.2, 0.25) is 5.91 Å². The number of nitrogens with one attached hydrogen (secondary N) is 3. The Hall–Kier alpha value is -2.72. The van der Waals surface area contributed by atoms with Crippen molar-refractivity contribution in [3.8, 4) is 5.75 Å². The van der Waals surface area contributed by atoms with Crippen molar-refractivity contribution in [3.63, 3.8) is 0 Å². The maximum absolute atomic E-state index is 13.7. The topological polar surface area (TPSA) is 109 Å². The number of anilines is 2. The first-order valence-electron chi connectivity index (χ1n) is 13.2. The Kier molecular flexibility index (Phi) is 6.91. The summed E-state index contributed by atoms with van der Waals surface area (Å²) in [6.45, 7) is 7.54. The molecule has 3 heterocycles. The molecule has 5 rings (SSSR count). The molecular weight excluding hydrogens is 486 g/mol. The van der Waals surface area contributed by atoms with E-state index in [9.17, 15) is 14.7 Å². The zero-order valence-electron chi connectivity index (χ0n) is 22.0. The molecule has 0 radical (unpaired) electrons. The average molecular weight is 524 g/mol. The number of ether oxygens (including phenoxy) is 2. The van der Waals surface area contributed by atoms with Crippen LogP contribution >= 0.6 is 0 Å². The lowest BCUT2D eigenvalue weighted by atomic mass is 9.82. The molecular formula is C28H37N3O5Si. The van der Waals surface area contributed by atoms with Crippen LogP contribution in [-0.2, 0) is 19.9 Å². The summed E-state index contributed by atoms with van der Waals surface area (Å²) in [7, 11) is -0.542. The summed E-state index contributed by atoms with van der Waals surface area (Å²) >= 11 is 0.